The maximum Gasteiger partial charge on any atom is 0.249 e. The fourth-order valence-electron chi connectivity index (χ4n) is 4.52. The molecule has 3 N–H and O–H groups in total. The Kier molecular flexibility index (Phi) is 5.51. The number of rotatable bonds is 4. The molecule has 148 valence electrons. The smallest absolute Gasteiger partial charge is 0.249 e. The van der Waals surface area contributed by atoms with Crippen molar-refractivity contribution >= 4 is 11.5 Å². The van der Waals surface area contributed by atoms with E-state index in [4.69, 9.17) is 5.73 Å². The van der Waals surface area contributed by atoms with E-state index in [9.17, 15) is 9.90 Å². The Morgan fingerprint density at radius 2 is 1.85 bits per heavy atom. The third-order valence-electron chi connectivity index (χ3n) is 6.65. The Morgan fingerprint density at radius 1 is 1.19 bits per heavy atom. The summed E-state index contributed by atoms with van der Waals surface area (Å²) < 4.78 is 0. The van der Waals surface area contributed by atoms with Gasteiger partial charge in [0.2, 0.25) is 5.91 Å². The van der Waals surface area contributed by atoms with Crippen LogP contribution >= 0.6 is 0 Å². The van der Waals surface area contributed by atoms with E-state index in [1.165, 1.54) is 5.57 Å². The van der Waals surface area contributed by atoms with Gasteiger partial charge in [-0.25, -0.2) is 0 Å². The Labute approximate surface area is 163 Å². The van der Waals surface area contributed by atoms with E-state index in [1.807, 2.05) is 18.2 Å². The molecule has 0 aliphatic heterocycles. The highest BCUT2D eigenvalue weighted by atomic mass is 16.3. The van der Waals surface area contributed by atoms with Crippen LogP contribution < -0.4 is 5.73 Å². The monoisotopic (exact) mass is 370 g/mol. The van der Waals surface area contributed by atoms with E-state index in [0.717, 1.165) is 56.1 Å². The van der Waals surface area contributed by atoms with Crippen molar-refractivity contribution in [2.45, 2.75) is 70.4 Å². The van der Waals surface area contributed by atoms with Crippen molar-refractivity contribution in [3.63, 3.8) is 0 Å². The lowest BCUT2D eigenvalue weighted by Gasteiger charge is -2.39. The van der Waals surface area contributed by atoms with Gasteiger partial charge in [0.25, 0.3) is 0 Å². The molecule has 27 heavy (non-hydrogen) atoms. The first kappa shape index (κ1) is 20.1. The molecule has 1 aromatic carbocycles. The number of carbonyl (C=O) groups excluding carboxylic acids is 1. The molecule has 0 unspecified atom stereocenters. The number of hydrogen-bond donors (Lipinski definition) is 2. The third kappa shape index (κ3) is 4.27. The minimum atomic E-state index is -0.814. The Balaban J connectivity index is 1.93. The molecule has 1 aromatic rings. The summed E-state index contributed by atoms with van der Waals surface area (Å²) >= 11 is 0. The molecule has 2 aliphatic rings. The van der Waals surface area contributed by atoms with Crippen LogP contribution in [0, 0.1) is 5.41 Å². The molecule has 0 saturated heterocycles. The Morgan fingerprint density at radius 3 is 2.37 bits per heavy atom. The number of allylic oxidation sites excluding steroid dienone is 2. The maximum atomic E-state index is 12.0. The van der Waals surface area contributed by atoms with Crippen LogP contribution in [0.25, 0.3) is 5.57 Å². The van der Waals surface area contributed by atoms with Gasteiger partial charge >= 0.3 is 0 Å². The van der Waals surface area contributed by atoms with Crippen LogP contribution in [-0.4, -0.2) is 36.1 Å². The number of hydrogen-bond acceptors (Lipinski definition) is 3. The topological polar surface area (TPSA) is 66.6 Å². The van der Waals surface area contributed by atoms with Gasteiger partial charge in [-0.2, -0.15) is 0 Å². The fourth-order valence-corrected chi connectivity index (χ4v) is 4.52. The highest BCUT2D eigenvalue weighted by Crippen LogP contribution is 2.42. The van der Waals surface area contributed by atoms with Crippen molar-refractivity contribution < 1.29 is 9.90 Å². The summed E-state index contributed by atoms with van der Waals surface area (Å²) in [5.74, 6) is -0.398. The summed E-state index contributed by atoms with van der Waals surface area (Å²) in [6.07, 6.45) is 8.74. The number of aliphatic hydroxyl groups is 1. The van der Waals surface area contributed by atoms with Gasteiger partial charge in [0.1, 0.15) is 0 Å². The van der Waals surface area contributed by atoms with Gasteiger partial charge in [-0.1, -0.05) is 26.0 Å². The standard InChI is InChI=1S/C23H34N2O2/c1-22(2)11-7-16(8-12-22)20-15-17(5-6-19(20)21(24)26)23(27)13-9-18(10-14-23)25(3)4/h5-7,15,18,27H,8-14H2,1-4H3,(H2,24,26). The molecule has 0 spiro atoms. The second-order valence-corrected chi connectivity index (χ2v) is 9.45. The first-order chi connectivity index (χ1) is 12.6. The molecule has 3 rings (SSSR count). The third-order valence-corrected chi connectivity index (χ3v) is 6.65. The van der Waals surface area contributed by atoms with Crippen LogP contribution in [0.2, 0.25) is 0 Å². The summed E-state index contributed by atoms with van der Waals surface area (Å²) in [7, 11) is 4.21. The molecule has 0 aromatic heterocycles. The highest BCUT2D eigenvalue weighted by molar-refractivity contribution is 5.98. The quantitative estimate of drug-likeness (QED) is 0.839. The second kappa shape index (κ2) is 7.40. The van der Waals surface area contributed by atoms with E-state index in [0.29, 0.717) is 17.0 Å². The molecule has 0 atom stereocenters. The van der Waals surface area contributed by atoms with Crippen LogP contribution in [0.3, 0.4) is 0 Å². The van der Waals surface area contributed by atoms with E-state index in [-0.39, 0.29) is 0 Å². The van der Waals surface area contributed by atoms with Crippen LogP contribution in [0.15, 0.2) is 24.3 Å². The molecule has 1 saturated carbocycles. The van der Waals surface area contributed by atoms with Crippen molar-refractivity contribution in [1.82, 2.24) is 4.90 Å². The van der Waals surface area contributed by atoms with Gasteiger partial charge < -0.3 is 15.7 Å². The zero-order valence-electron chi connectivity index (χ0n) is 17.2. The SMILES string of the molecule is CN(C)C1CCC(O)(c2ccc(C(N)=O)c(C3=CCC(C)(C)CC3)c2)CC1. The summed E-state index contributed by atoms with van der Waals surface area (Å²) in [6, 6.07) is 6.26. The molecule has 1 amide bonds. The first-order valence-electron chi connectivity index (χ1n) is 10.1. The average Bonchev–Trinajstić information content (AvgIpc) is 2.61. The van der Waals surface area contributed by atoms with Crippen molar-refractivity contribution in [2.24, 2.45) is 11.1 Å². The lowest BCUT2D eigenvalue weighted by Crippen LogP contribution is -2.39. The van der Waals surface area contributed by atoms with E-state index >= 15 is 0 Å². The van der Waals surface area contributed by atoms with Crippen molar-refractivity contribution in [3.05, 3.63) is 41.0 Å². The second-order valence-electron chi connectivity index (χ2n) is 9.45. The molecule has 0 bridgehead atoms. The number of carbonyl (C=O) groups is 1. The minimum absolute atomic E-state index is 0.302. The zero-order chi connectivity index (χ0) is 19.8. The van der Waals surface area contributed by atoms with Gasteiger partial charge in [-0.05, 0) is 93.3 Å². The molecular formula is C23H34N2O2. The summed E-state index contributed by atoms with van der Waals surface area (Å²) in [6.45, 7) is 4.55. The van der Waals surface area contributed by atoms with Crippen LogP contribution in [-0.2, 0) is 5.60 Å². The fraction of sp³-hybridized carbons (Fsp3) is 0.609. The van der Waals surface area contributed by atoms with Gasteiger partial charge in [0.15, 0.2) is 0 Å². The number of nitrogens with zero attached hydrogens (tertiary/aromatic N) is 1. The molecular weight excluding hydrogens is 336 g/mol. The number of amides is 1. The van der Waals surface area contributed by atoms with Crippen LogP contribution in [0.5, 0.6) is 0 Å². The Bertz CT molecular complexity index is 741. The van der Waals surface area contributed by atoms with Gasteiger partial charge in [-0.3, -0.25) is 4.79 Å². The molecule has 4 heteroatoms. The van der Waals surface area contributed by atoms with E-state index < -0.39 is 11.5 Å². The minimum Gasteiger partial charge on any atom is -0.385 e. The van der Waals surface area contributed by atoms with Gasteiger partial charge in [-0.15, -0.1) is 0 Å². The van der Waals surface area contributed by atoms with Crippen molar-refractivity contribution in [2.75, 3.05) is 14.1 Å². The Hall–Kier alpha value is -1.65. The lowest BCUT2D eigenvalue weighted by atomic mass is 9.74. The summed E-state index contributed by atoms with van der Waals surface area (Å²) in [4.78, 5) is 14.2. The molecule has 0 radical (unpaired) electrons. The number of benzene rings is 1. The van der Waals surface area contributed by atoms with E-state index in [1.54, 1.807) is 0 Å². The molecule has 4 nitrogen and oxygen atoms in total. The molecule has 1 fully saturated rings. The first-order valence-corrected chi connectivity index (χ1v) is 10.1. The van der Waals surface area contributed by atoms with Gasteiger partial charge in [0, 0.05) is 11.6 Å². The normalized spacial score (nSPS) is 28.1. The van der Waals surface area contributed by atoms with Crippen molar-refractivity contribution in [1.29, 1.82) is 0 Å². The number of primary amides is 1. The zero-order valence-corrected chi connectivity index (χ0v) is 17.2. The summed E-state index contributed by atoms with van der Waals surface area (Å²) in [5, 5.41) is 11.3. The lowest BCUT2D eigenvalue weighted by molar-refractivity contribution is -0.0190. The van der Waals surface area contributed by atoms with Gasteiger partial charge in [0.05, 0.1) is 5.60 Å². The molecule has 2 aliphatic carbocycles. The number of nitrogens with two attached hydrogens (primary N) is 1. The van der Waals surface area contributed by atoms with Crippen LogP contribution in [0.1, 0.15) is 80.3 Å². The predicted octanol–water partition coefficient (Wildman–Crippen LogP) is 4.07. The largest absolute Gasteiger partial charge is 0.385 e. The highest BCUT2D eigenvalue weighted by Gasteiger charge is 2.36. The van der Waals surface area contributed by atoms with Crippen LogP contribution in [0.4, 0.5) is 0 Å². The average molecular weight is 371 g/mol. The maximum absolute atomic E-state index is 12.0. The molecule has 0 heterocycles. The predicted molar refractivity (Wildman–Crippen MR) is 110 cm³/mol. The summed E-state index contributed by atoms with van der Waals surface area (Å²) in [5.41, 5.74) is 8.73. The van der Waals surface area contributed by atoms with Crippen molar-refractivity contribution in [3.8, 4) is 0 Å². The van der Waals surface area contributed by atoms with E-state index in [2.05, 4.69) is 38.9 Å².